The molecule has 0 spiro atoms. The van der Waals surface area contributed by atoms with Crippen LogP contribution in [0.15, 0.2) is 72.1 Å². The highest BCUT2D eigenvalue weighted by Crippen LogP contribution is 2.32. The monoisotopic (exact) mass is 418 g/mol. The first-order valence-corrected chi connectivity index (χ1v) is 9.77. The number of anilines is 1. The number of nitrogens with zero attached hydrogens (tertiary/aromatic N) is 3. The van der Waals surface area contributed by atoms with Crippen molar-refractivity contribution in [1.29, 1.82) is 0 Å². The Labute approximate surface area is 179 Å². The van der Waals surface area contributed by atoms with Gasteiger partial charge in [0, 0.05) is 53.9 Å². The van der Waals surface area contributed by atoms with Crippen LogP contribution in [-0.2, 0) is 16.0 Å². The number of aliphatic imine (C=N–C) groups is 1. The lowest BCUT2D eigenvalue weighted by Gasteiger charge is -2.02. The maximum Gasteiger partial charge on any atom is 0.328 e. The number of unbranched alkanes of at least 4 members (excludes halogenated alkanes) is 1. The lowest BCUT2D eigenvalue weighted by Crippen LogP contribution is -2.08. The van der Waals surface area contributed by atoms with Gasteiger partial charge in [0.05, 0.1) is 5.69 Å². The van der Waals surface area contributed by atoms with E-state index in [1.807, 2.05) is 6.20 Å². The summed E-state index contributed by atoms with van der Waals surface area (Å²) in [5.74, 6) is -1.52. The highest BCUT2D eigenvalue weighted by Gasteiger charge is 2.18. The lowest BCUT2D eigenvalue weighted by molar-refractivity contribution is -0.134. The van der Waals surface area contributed by atoms with E-state index in [4.69, 9.17) is 15.2 Å². The lowest BCUT2D eigenvalue weighted by atomic mass is 10.1. The molecule has 158 valence electrons. The van der Waals surface area contributed by atoms with E-state index in [0.717, 1.165) is 43.0 Å². The summed E-state index contributed by atoms with van der Waals surface area (Å²) in [4.78, 5) is 32.3. The van der Waals surface area contributed by atoms with Crippen LogP contribution in [0, 0.1) is 0 Å². The van der Waals surface area contributed by atoms with E-state index in [1.54, 1.807) is 12.4 Å². The molecule has 1 aliphatic rings. The summed E-state index contributed by atoms with van der Waals surface area (Å²) in [6, 6.07) is 12.7. The van der Waals surface area contributed by atoms with E-state index in [-0.39, 0.29) is 0 Å². The third-order valence-corrected chi connectivity index (χ3v) is 4.51. The molecule has 0 aliphatic carbocycles. The molecule has 0 amide bonds. The van der Waals surface area contributed by atoms with Crippen LogP contribution in [0.1, 0.15) is 24.1 Å². The Hall–Kier alpha value is -4.07. The number of benzene rings is 2. The molecule has 8 nitrogen and oxygen atoms in total. The normalized spacial score (nSPS) is 13.1. The molecule has 31 heavy (non-hydrogen) atoms. The summed E-state index contributed by atoms with van der Waals surface area (Å²) >= 11 is 0. The van der Waals surface area contributed by atoms with Crippen molar-refractivity contribution in [3.63, 3.8) is 0 Å². The van der Waals surface area contributed by atoms with Crippen LogP contribution >= 0.6 is 0 Å². The molecule has 0 bridgehead atoms. The molecule has 2 aromatic carbocycles. The highest BCUT2D eigenvalue weighted by molar-refractivity contribution is 6.25. The van der Waals surface area contributed by atoms with Crippen molar-refractivity contribution in [3.05, 3.63) is 78.4 Å². The van der Waals surface area contributed by atoms with Gasteiger partial charge in [-0.25, -0.2) is 9.59 Å². The van der Waals surface area contributed by atoms with Gasteiger partial charge in [0.15, 0.2) is 0 Å². The number of rotatable bonds is 7. The smallest absolute Gasteiger partial charge is 0.328 e. The first kappa shape index (κ1) is 21.6. The number of hydrogen-bond donors (Lipinski definition) is 3. The third kappa shape index (κ3) is 6.20. The quantitative estimate of drug-likeness (QED) is 0.396. The first-order valence-electron chi connectivity index (χ1n) is 9.77. The fourth-order valence-corrected chi connectivity index (χ4v) is 3.17. The average molecular weight is 418 g/mol. The maximum absolute atomic E-state index is 9.55. The summed E-state index contributed by atoms with van der Waals surface area (Å²) in [5.41, 5.74) is 3.43. The second-order valence-corrected chi connectivity index (χ2v) is 6.73. The fourth-order valence-electron chi connectivity index (χ4n) is 3.17. The van der Waals surface area contributed by atoms with Crippen molar-refractivity contribution in [1.82, 2.24) is 9.97 Å². The van der Waals surface area contributed by atoms with Crippen LogP contribution in [0.4, 0.5) is 5.69 Å². The number of hydrogen-bond acceptors (Lipinski definition) is 5. The van der Waals surface area contributed by atoms with Crippen molar-refractivity contribution in [3.8, 4) is 0 Å². The SMILES string of the molecule is O=C(O)/C=C/C(=O)O.c1cc2c3c(cccc3c1)C(=NCCCCc1cnccn1)N2. The minimum absolute atomic E-state index is 0.558. The Kier molecular flexibility index (Phi) is 7.42. The van der Waals surface area contributed by atoms with E-state index < -0.39 is 11.9 Å². The zero-order valence-corrected chi connectivity index (χ0v) is 16.7. The molecule has 0 atom stereocenters. The molecule has 4 rings (SSSR count). The molecule has 0 saturated carbocycles. The number of nitrogens with one attached hydrogen (secondary N) is 1. The number of carbonyl (C=O) groups is 2. The predicted molar refractivity (Wildman–Crippen MR) is 118 cm³/mol. The summed E-state index contributed by atoms with van der Waals surface area (Å²) < 4.78 is 0. The van der Waals surface area contributed by atoms with Crippen molar-refractivity contribution >= 4 is 34.2 Å². The standard InChI is InChI=1S/C19H18N4.C4H4O4/c1(7-15-13-20-11-12-21-15)2-10-22-19-16-8-3-5-14-6-4-9-17(23-19)18(14)16;5-3(6)1-2-4(7)8/h3-6,8-9,11-13H,1-2,7,10H2,(H,22,23);1-2H,(H,5,6)(H,7,8)/b;2-1+. The molecular weight excluding hydrogens is 396 g/mol. The van der Waals surface area contributed by atoms with Crippen LogP contribution in [0.25, 0.3) is 10.8 Å². The number of aromatic nitrogens is 2. The molecule has 3 aromatic rings. The minimum atomic E-state index is -1.26. The van der Waals surface area contributed by atoms with Gasteiger partial charge in [-0.05, 0) is 30.7 Å². The van der Waals surface area contributed by atoms with E-state index in [1.165, 1.54) is 16.3 Å². The molecule has 0 radical (unpaired) electrons. The molecule has 0 saturated heterocycles. The van der Waals surface area contributed by atoms with Gasteiger partial charge in [-0.2, -0.15) is 0 Å². The third-order valence-electron chi connectivity index (χ3n) is 4.51. The average Bonchev–Trinajstić information content (AvgIpc) is 3.13. The van der Waals surface area contributed by atoms with E-state index >= 15 is 0 Å². The zero-order chi connectivity index (χ0) is 22.1. The maximum atomic E-state index is 9.55. The first-order chi connectivity index (χ1) is 15.0. The molecule has 2 heterocycles. The van der Waals surface area contributed by atoms with Gasteiger partial charge >= 0.3 is 11.9 Å². The van der Waals surface area contributed by atoms with E-state index in [0.29, 0.717) is 12.2 Å². The van der Waals surface area contributed by atoms with Crippen molar-refractivity contribution in [2.45, 2.75) is 19.3 Å². The molecule has 1 aromatic heterocycles. The second kappa shape index (κ2) is 10.6. The van der Waals surface area contributed by atoms with Gasteiger partial charge in [0.1, 0.15) is 5.84 Å². The summed E-state index contributed by atoms with van der Waals surface area (Å²) in [6.45, 7) is 0.826. The van der Waals surface area contributed by atoms with Gasteiger partial charge in [0.2, 0.25) is 0 Å². The number of carboxylic acid groups (broad SMARTS) is 2. The summed E-state index contributed by atoms with van der Waals surface area (Å²) in [5, 5.41) is 21.6. The van der Waals surface area contributed by atoms with Crippen molar-refractivity contribution in [2.24, 2.45) is 4.99 Å². The molecule has 0 fully saturated rings. The summed E-state index contributed by atoms with van der Waals surface area (Å²) in [7, 11) is 0. The topological polar surface area (TPSA) is 125 Å². The minimum Gasteiger partial charge on any atom is -0.478 e. The zero-order valence-electron chi connectivity index (χ0n) is 16.7. The van der Waals surface area contributed by atoms with Crippen LogP contribution in [0.3, 0.4) is 0 Å². The van der Waals surface area contributed by atoms with Crippen molar-refractivity contribution < 1.29 is 19.8 Å². The molecule has 3 N–H and O–H groups in total. The fraction of sp³-hybridized carbons (Fsp3) is 0.174. The van der Waals surface area contributed by atoms with Crippen LogP contribution in [-0.4, -0.2) is 44.5 Å². The highest BCUT2D eigenvalue weighted by atomic mass is 16.4. The Morgan fingerprint density at radius 1 is 1.00 bits per heavy atom. The van der Waals surface area contributed by atoms with E-state index in [2.05, 4.69) is 51.7 Å². The van der Waals surface area contributed by atoms with Crippen molar-refractivity contribution in [2.75, 3.05) is 11.9 Å². The number of carboxylic acids is 2. The van der Waals surface area contributed by atoms with Gasteiger partial charge in [-0.15, -0.1) is 0 Å². The number of aliphatic carboxylic acids is 2. The predicted octanol–water partition coefficient (Wildman–Crippen LogP) is 3.54. The Bertz CT molecular complexity index is 1110. The molecule has 8 heteroatoms. The molecule has 1 aliphatic heterocycles. The Balaban J connectivity index is 0.000000293. The number of amidine groups is 1. The van der Waals surface area contributed by atoms with Gasteiger partial charge in [-0.1, -0.05) is 30.3 Å². The largest absolute Gasteiger partial charge is 0.478 e. The number of aryl methyl sites for hydroxylation is 1. The van der Waals surface area contributed by atoms with Gasteiger partial charge < -0.3 is 15.5 Å². The van der Waals surface area contributed by atoms with Crippen LogP contribution in [0.5, 0.6) is 0 Å². The Morgan fingerprint density at radius 3 is 2.42 bits per heavy atom. The molecule has 0 unspecified atom stereocenters. The van der Waals surface area contributed by atoms with Crippen LogP contribution < -0.4 is 5.32 Å². The molecular formula is C23H22N4O4. The van der Waals surface area contributed by atoms with Gasteiger partial charge in [0.25, 0.3) is 0 Å². The summed E-state index contributed by atoms with van der Waals surface area (Å²) in [6.07, 6.45) is 9.49. The van der Waals surface area contributed by atoms with Gasteiger partial charge in [-0.3, -0.25) is 15.0 Å². The Morgan fingerprint density at radius 2 is 1.74 bits per heavy atom. The second-order valence-electron chi connectivity index (χ2n) is 6.73. The van der Waals surface area contributed by atoms with E-state index in [9.17, 15) is 9.59 Å². The van der Waals surface area contributed by atoms with Crippen LogP contribution in [0.2, 0.25) is 0 Å².